The average Bonchev–Trinajstić information content (AvgIpc) is 2.95. The number of rotatable bonds is 7. The SMILES string of the molecule is CC(CCc1ccco1)NCc1ccc(S(N)(=O)=O)cc1. The Bertz CT molecular complexity index is 649. The van der Waals surface area contributed by atoms with E-state index in [1.807, 2.05) is 12.1 Å². The number of nitrogens with two attached hydrogens (primary N) is 1. The Labute approximate surface area is 125 Å². The summed E-state index contributed by atoms with van der Waals surface area (Å²) >= 11 is 0. The first-order valence-corrected chi connectivity index (χ1v) is 8.37. The quantitative estimate of drug-likeness (QED) is 0.819. The van der Waals surface area contributed by atoms with Gasteiger partial charge in [-0.2, -0.15) is 0 Å². The molecule has 0 bridgehead atoms. The third-order valence-electron chi connectivity index (χ3n) is 3.31. The van der Waals surface area contributed by atoms with E-state index in [2.05, 4.69) is 12.2 Å². The van der Waals surface area contributed by atoms with Crippen molar-refractivity contribution < 1.29 is 12.8 Å². The number of aryl methyl sites for hydroxylation is 1. The van der Waals surface area contributed by atoms with Crippen LogP contribution in [0.4, 0.5) is 0 Å². The van der Waals surface area contributed by atoms with Crippen molar-refractivity contribution in [3.63, 3.8) is 0 Å². The van der Waals surface area contributed by atoms with Crippen LogP contribution in [0.3, 0.4) is 0 Å². The van der Waals surface area contributed by atoms with Crippen LogP contribution in [0.15, 0.2) is 52.0 Å². The molecule has 1 aromatic carbocycles. The van der Waals surface area contributed by atoms with Gasteiger partial charge in [-0.3, -0.25) is 0 Å². The minimum Gasteiger partial charge on any atom is -0.469 e. The van der Waals surface area contributed by atoms with E-state index < -0.39 is 10.0 Å². The number of nitrogens with one attached hydrogen (secondary N) is 1. The summed E-state index contributed by atoms with van der Waals surface area (Å²) in [6.45, 7) is 2.80. The highest BCUT2D eigenvalue weighted by Crippen LogP contribution is 2.10. The lowest BCUT2D eigenvalue weighted by Crippen LogP contribution is -2.26. The summed E-state index contributed by atoms with van der Waals surface area (Å²) in [5, 5.41) is 8.46. The summed E-state index contributed by atoms with van der Waals surface area (Å²) in [6.07, 6.45) is 3.55. The zero-order chi connectivity index (χ0) is 15.3. The van der Waals surface area contributed by atoms with Gasteiger partial charge in [0.25, 0.3) is 0 Å². The highest BCUT2D eigenvalue weighted by atomic mass is 32.2. The molecule has 0 aliphatic rings. The molecule has 5 nitrogen and oxygen atoms in total. The third kappa shape index (κ3) is 5.00. The minimum atomic E-state index is -3.62. The molecular weight excluding hydrogens is 288 g/mol. The molecule has 0 spiro atoms. The van der Waals surface area contributed by atoms with Gasteiger partial charge in [0.2, 0.25) is 10.0 Å². The molecule has 2 aromatic rings. The van der Waals surface area contributed by atoms with E-state index >= 15 is 0 Å². The lowest BCUT2D eigenvalue weighted by atomic mass is 10.1. The summed E-state index contributed by atoms with van der Waals surface area (Å²) in [4.78, 5) is 0.136. The van der Waals surface area contributed by atoms with Gasteiger partial charge < -0.3 is 9.73 Å². The van der Waals surface area contributed by atoms with E-state index in [0.29, 0.717) is 12.6 Å². The zero-order valence-electron chi connectivity index (χ0n) is 12.0. The molecule has 0 fully saturated rings. The molecule has 114 valence electrons. The molecule has 0 radical (unpaired) electrons. The number of hydrogen-bond donors (Lipinski definition) is 2. The third-order valence-corrected chi connectivity index (χ3v) is 4.24. The maximum absolute atomic E-state index is 11.2. The van der Waals surface area contributed by atoms with Crippen LogP contribution in [-0.4, -0.2) is 14.5 Å². The lowest BCUT2D eigenvalue weighted by Gasteiger charge is -2.13. The molecule has 0 aliphatic carbocycles. The number of benzene rings is 1. The van der Waals surface area contributed by atoms with Crippen LogP contribution in [0.1, 0.15) is 24.7 Å². The van der Waals surface area contributed by atoms with Gasteiger partial charge in [-0.15, -0.1) is 0 Å². The van der Waals surface area contributed by atoms with E-state index in [-0.39, 0.29) is 4.90 Å². The molecule has 0 saturated carbocycles. The van der Waals surface area contributed by atoms with Gasteiger partial charge in [-0.1, -0.05) is 12.1 Å². The first-order valence-electron chi connectivity index (χ1n) is 6.82. The zero-order valence-corrected chi connectivity index (χ0v) is 12.8. The molecule has 1 aromatic heterocycles. The van der Waals surface area contributed by atoms with Crippen molar-refractivity contribution in [2.75, 3.05) is 0 Å². The van der Waals surface area contributed by atoms with Crippen LogP contribution in [0.5, 0.6) is 0 Å². The van der Waals surface area contributed by atoms with Gasteiger partial charge in [0.15, 0.2) is 0 Å². The van der Waals surface area contributed by atoms with Crippen molar-refractivity contribution in [3.8, 4) is 0 Å². The molecule has 3 N–H and O–H groups in total. The molecule has 6 heteroatoms. The highest BCUT2D eigenvalue weighted by molar-refractivity contribution is 7.89. The summed E-state index contributed by atoms with van der Waals surface area (Å²) in [6, 6.07) is 10.8. The van der Waals surface area contributed by atoms with Crippen molar-refractivity contribution in [2.24, 2.45) is 5.14 Å². The second-order valence-electron chi connectivity index (χ2n) is 5.09. The Morgan fingerprint density at radius 3 is 2.52 bits per heavy atom. The second kappa shape index (κ2) is 6.89. The van der Waals surface area contributed by atoms with Crippen LogP contribution in [0, 0.1) is 0 Å². The van der Waals surface area contributed by atoms with Gasteiger partial charge in [-0.25, -0.2) is 13.6 Å². The number of furan rings is 1. The molecule has 0 saturated heterocycles. The van der Waals surface area contributed by atoms with Crippen molar-refractivity contribution >= 4 is 10.0 Å². The fraction of sp³-hybridized carbons (Fsp3) is 0.333. The summed E-state index contributed by atoms with van der Waals surface area (Å²) < 4.78 is 27.6. The Hall–Kier alpha value is -1.63. The largest absolute Gasteiger partial charge is 0.469 e. The van der Waals surface area contributed by atoms with Gasteiger partial charge in [0.1, 0.15) is 5.76 Å². The molecule has 0 aliphatic heterocycles. The highest BCUT2D eigenvalue weighted by Gasteiger charge is 2.07. The molecule has 1 heterocycles. The maximum atomic E-state index is 11.2. The van der Waals surface area contributed by atoms with Crippen LogP contribution in [0.2, 0.25) is 0 Å². The fourth-order valence-electron chi connectivity index (χ4n) is 2.00. The van der Waals surface area contributed by atoms with Crippen molar-refractivity contribution in [2.45, 2.75) is 37.2 Å². The smallest absolute Gasteiger partial charge is 0.238 e. The lowest BCUT2D eigenvalue weighted by molar-refractivity contribution is 0.460. The first-order chi connectivity index (χ1) is 9.95. The first kappa shape index (κ1) is 15.8. The molecule has 1 unspecified atom stereocenters. The molecule has 2 rings (SSSR count). The fourth-order valence-corrected chi connectivity index (χ4v) is 2.52. The molecular formula is C15H20N2O3S. The monoisotopic (exact) mass is 308 g/mol. The Kier molecular flexibility index (Phi) is 5.17. The van der Waals surface area contributed by atoms with Crippen LogP contribution in [0.25, 0.3) is 0 Å². The van der Waals surface area contributed by atoms with Gasteiger partial charge in [0, 0.05) is 19.0 Å². The number of sulfonamides is 1. The number of hydrogen-bond acceptors (Lipinski definition) is 4. The van der Waals surface area contributed by atoms with Gasteiger partial charge in [-0.05, 0) is 43.2 Å². The van der Waals surface area contributed by atoms with Crippen molar-refractivity contribution in [1.29, 1.82) is 0 Å². The van der Waals surface area contributed by atoms with Crippen molar-refractivity contribution in [3.05, 3.63) is 54.0 Å². The minimum absolute atomic E-state index is 0.136. The van der Waals surface area contributed by atoms with Gasteiger partial charge in [0.05, 0.1) is 11.2 Å². The average molecular weight is 308 g/mol. The molecule has 0 amide bonds. The molecule has 1 atom stereocenters. The Morgan fingerprint density at radius 1 is 1.24 bits per heavy atom. The van der Waals surface area contributed by atoms with Crippen molar-refractivity contribution in [1.82, 2.24) is 5.32 Å². The summed E-state index contributed by atoms with van der Waals surface area (Å²) in [5.74, 6) is 0.987. The van der Waals surface area contributed by atoms with Gasteiger partial charge >= 0.3 is 0 Å². The number of primary sulfonamides is 1. The van der Waals surface area contributed by atoms with E-state index in [9.17, 15) is 8.42 Å². The van der Waals surface area contributed by atoms with E-state index in [4.69, 9.17) is 9.56 Å². The van der Waals surface area contributed by atoms with E-state index in [1.54, 1.807) is 18.4 Å². The predicted molar refractivity (Wildman–Crippen MR) is 81.1 cm³/mol. The van der Waals surface area contributed by atoms with Crippen LogP contribution < -0.4 is 10.5 Å². The van der Waals surface area contributed by atoms with Crippen LogP contribution in [-0.2, 0) is 23.0 Å². The maximum Gasteiger partial charge on any atom is 0.238 e. The standard InChI is InChI=1S/C15H20N2O3S/c1-12(4-7-14-3-2-10-20-14)17-11-13-5-8-15(9-6-13)21(16,18)19/h2-3,5-6,8-10,12,17H,4,7,11H2,1H3,(H2,16,18,19). The van der Waals surface area contributed by atoms with E-state index in [0.717, 1.165) is 24.2 Å². The summed E-state index contributed by atoms with van der Waals surface area (Å²) in [7, 11) is -3.62. The normalized spacial score (nSPS) is 13.2. The molecule has 21 heavy (non-hydrogen) atoms. The Balaban J connectivity index is 1.79. The van der Waals surface area contributed by atoms with Crippen LogP contribution >= 0.6 is 0 Å². The second-order valence-corrected chi connectivity index (χ2v) is 6.65. The topological polar surface area (TPSA) is 85.3 Å². The van der Waals surface area contributed by atoms with E-state index in [1.165, 1.54) is 12.1 Å². The predicted octanol–water partition coefficient (Wildman–Crippen LogP) is 2.04. The Morgan fingerprint density at radius 2 is 1.95 bits per heavy atom. The summed E-state index contributed by atoms with van der Waals surface area (Å²) in [5.41, 5.74) is 1.02.